The minimum Gasteiger partial charge on any atom is -0.335 e. The van der Waals surface area contributed by atoms with Crippen molar-refractivity contribution >= 4 is 45.8 Å². The number of halogens is 3. The Morgan fingerprint density at radius 3 is 2.50 bits per heavy atom. The fourth-order valence-electron chi connectivity index (χ4n) is 1.52. The maximum Gasteiger partial charge on any atom is 0.161 e. The average molecular weight is 307 g/mol. The van der Waals surface area contributed by atoms with Crippen molar-refractivity contribution < 1.29 is 4.39 Å². The van der Waals surface area contributed by atoms with Gasteiger partial charge in [0.25, 0.3) is 0 Å². The van der Waals surface area contributed by atoms with Crippen molar-refractivity contribution in [3.05, 3.63) is 28.0 Å². The van der Waals surface area contributed by atoms with Gasteiger partial charge in [0.2, 0.25) is 0 Å². The topological polar surface area (TPSA) is 24.4 Å². The number of nitrogens with zero attached hydrogens (tertiary/aromatic N) is 1. The van der Waals surface area contributed by atoms with Crippen LogP contribution < -0.4 is 5.32 Å². The third-order valence-corrected chi connectivity index (χ3v) is 4.59. The first-order valence-corrected chi connectivity index (χ1v) is 7.33. The standard InChI is InChI=1S/C12H13Cl2FN2S/c1-6-5-18-12(16-7(6)2)17-8-3-9(13)11(15)10(14)4-8/h3-4,6-7H,5H2,1-2H3,(H,16,17). The molecule has 0 aromatic heterocycles. The lowest BCUT2D eigenvalue weighted by Gasteiger charge is -2.23. The Balaban J connectivity index is 2.18. The highest BCUT2D eigenvalue weighted by atomic mass is 35.5. The average Bonchev–Trinajstić information content (AvgIpc) is 2.31. The molecule has 1 heterocycles. The minimum absolute atomic E-state index is 0.00725. The second kappa shape index (κ2) is 5.68. The zero-order valence-corrected chi connectivity index (χ0v) is 12.3. The van der Waals surface area contributed by atoms with Crippen LogP contribution in [0.25, 0.3) is 0 Å². The number of benzene rings is 1. The van der Waals surface area contributed by atoms with Gasteiger partial charge >= 0.3 is 0 Å². The Hall–Kier alpha value is -0.450. The molecule has 0 spiro atoms. The maximum atomic E-state index is 13.3. The summed E-state index contributed by atoms with van der Waals surface area (Å²) in [5.74, 6) is 0.973. The molecule has 2 rings (SSSR count). The number of hydrogen-bond acceptors (Lipinski definition) is 3. The summed E-state index contributed by atoms with van der Waals surface area (Å²) < 4.78 is 13.3. The molecule has 2 atom stereocenters. The molecule has 1 aliphatic heterocycles. The Morgan fingerprint density at radius 1 is 1.33 bits per heavy atom. The number of nitrogens with one attached hydrogen (secondary N) is 1. The van der Waals surface area contributed by atoms with E-state index in [0.717, 1.165) is 10.9 Å². The van der Waals surface area contributed by atoms with Crippen molar-refractivity contribution in [2.45, 2.75) is 19.9 Å². The largest absolute Gasteiger partial charge is 0.335 e. The molecule has 0 amide bonds. The van der Waals surface area contributed by atoms with Gasteiger partial charge in [0.1, 0.15) is 0 Å². The molecule has 1 aliphatic rings. The van der Waals surface area contributed by atoms with Crippen LogP contribution in [0.4, 0.5) is 10.1 Å². The van der Waals surface area contributed by atoms with Crippen molar-refractivity contribution in [1.82, 2.24) is 0 Å². The Labute approximate surface area is 120 Å². The summed E-state index contributed by atoms with van der Waals surface area (Å²) in [5.41, 5.74) is 0.652. The predicted octanol–water partition coefficient (Wildman–Crippen LogP) is 4.67. The Kier molecular flexibility index (Phi) is 4.41. The molecule has 2 nitrogen and oxygen atoms in total. The molecule has 98 valence electrons. The van der Waals surface area contributed by atoms with E-state index in [-0.39, 0.29) is 16.1 Å². The fourth-order valence-corrected chi connectivity index (χ4v) is 3.14. The van der Waals surface area contributed by atoms with Crippen molar-refractivity contribution in [3.63, 3.8) is 0 Å². The van der Waals surface area contributed by atoms with Crippen LogP contribution in [0, 0.1) is 11.7 Å². The van der Waals surface area contributed by atoms with Crippen LogP contribution in [0.1, 0.15) is 13.8 Å². The maximum absolute atomic E-state index is 13.3. The lowest BCUT2D eigenvalue weighted by molar-refractivity contribution is 0.537. The normalized spacial score (nSPS) is 23.7. The lowest BCUT2D eigenvalue weighted by Crippen LogP contribution is -2.25. The van der Waals surface area contributed by atoms with E-state index >= 15 is 0 Å². The highest BCUT2D eigenvalue weighted by Gasteiger charge is 2.19. The summed E-state index contributed by atoms with van der Waals surface area (Å²) in [7, 11) is 0. The smallest absolute Gasteiger partial charge is 0.161 e. The summed E-state index contributed by atoms with van der Waals surface area (Å²) in [6, 6.07) is 3.29. The molecule has 0 radical (unpaired) electrons. The van der Waals surface area contributed by atoms with E-state index in [1.165, 1.54) is 12.1 Å². The van der Waals surface area contributed by atoms with E-state index in [0.29, 0.717) is 11.6 Å². The van der Waals surface area contributed by atoms with E-state index in [4.69, 9.17) is 23.2 Å². The second-order valence-corrected chi connectivity index (χ2v) is 6.17. The van der Waals surface area contributed by atoms with Gasteiger partial charge in [-0.05, 0) is 25.0 Å². The van der Waals surface area contributed by atoms with E-state index in [2.05, 4.69) is 24.2 Å². The summed E-state index contributed by atoms with van der Waals surface area (Å²) in [5, 5.41) is 3.95. The molecule has 0 bridgehead atoms. The molecule has 1 N–H and O–H groups in total. The summed E-state index contributed by atoms with van der Waals surface area (Å²) in [6.07, 6.45) is 0. The predicted molar refractivity (Wildman–Crippen MR) is 78.6 cm³/mol. The molecule has 0 saturated carbocycles. The van der Waals surface area contributed by atoms with Gasteiger partial charge in [0.15, 0.2) is 11.0 Å². The zero-order chi connectivity index (χ0) is 13.3. The van der Waals surface area contributed by atoms with Crippen LogP contribution in [0.2, 0.25) is 10.0 Å². The molecule has 18 heavy (non-hydrogen) atoms. The van der Waals surface area contributed by atoms with Gasteiger partial charge in [0.05, 0.1) is 16.1 Å². The van der Waals surface area contributed by atoms with E-state index in [9.17, 15) is 4.39 Å². The Morgan fingerprint density at radius 2 is 1.94 bits per heavy atom. The fraction of sp³-hybridized carbons (Fsp3) is 0.417. The van der Waals surface area contributed by atoms with Gasteiger partial charge in [-0.15, -0.1) is 0 Å². The van der Waals surface area contributed by atoms with Gasteiger partial charge in [-0.3, -0.25) is 4.99 Å². The van der Waals surface area contributed by atoms with Crippen molar-refractivity contribution in [1.29, 1.82) is 0 Å². The van der Waals surface area contributed by atoms with Gasteiger partial charge in [0, 0.05) is 11.4 Å². The van der Waals surface area contributed by atoms with Gasteiger partial charge in [-0.2, -0.15) is 0 Å². The molecular weight excluding hydrogens is 294 g/mol. The van der Waals surface area contributed by atoms with E-state index in [1.54, 1.807) is 11.8 Å². The Bertz CT molecular complexity index is 470. The van der Waals surface area contributed by atoms with Crippen LogP contribution in [0.5, 0.6) is 0 Å². The molecule has 0 saturated heterocycles. The van der Waals surface area contributed by atoms with Gasteiger partial charge < -0.3 is 5.32 Å². The highest BCUT2D eigenvalue weighted by Crippen LogP contribution is 2.29. The molecule has 6 heteroatoms. The summed E-state index contributed by atoms with van der Waals surface area (Å²) in [6.45, 7) is 4.25. The van der Waals surface area contributed by atoms with E-state index in [1.807, 2.05) is 0 Å². The first-order valence-electron chi connectivity index (χ1n) is 5.59. The van der Waals surface area contributed by atoms with E-state index < -0.39 is 5.82 Å². The third kappa shape index (κ3) is 3.11. The SMILES string of the molecule is CC1CSC(Nc2cc(Cl)c(F)c(Cl)c2)=NC1C. The molecule has 0 fully saturated rings. The summed E-state index contributed by atoms with van der Waals surface area (Å²) >= 11 is 13.1. The number of hydrogen-bond donors (Lipinski definition) is 1. The summed E-state index contributed by atoms with van der Waals surface area (Å²) in [4.78, 5) is 4.53. The molecule has 2 unspecified atom stereocenters. The highest BCUT2D eigenvalue weighted by molar-refractivity contribution is 8.14. The molecular formula is C12H13Cl2FN2S. The number of amidine groups is 1. The number of rotatable bonds is 1. The van der Waals surface area contributed by atoms with Gasteiger partial charge in [-0.1, -0.05) is 41.9 Å². The van der Waals surface area contributed by atoms with Crippen LogP contribution in [0.15, 0.2) is 17.1 Å². The molecule has 1 aromatic rings. The first kappa shape index (κ1) is 14.0. The van der Waals surface area contributed by atoms with Crippen molar-refractivity contribution in [2.24, 2.45) is 10.9 Å². The van der Waals surface area contributed by atoms with Crippen LogP contribution >= 0.6 is 35.0 Å². The quantitative estimate of drug-likeness (QED) is 0.762. The van der Waals surface area contributed by atoms with Gasteiger partial charge in [-0.25, -0.2) is 4.39 Å². The van der Waals surface area contributed by atoms with Crippen molar-refractivity contribution in [3.8, 4) is 0 Å². The number of aliphatic imine (C=N–C) groups is 1. The zero-order valence-electron chi connectivity index (χ0n) is 10.0. The second-order valence-electron chi connectivity index (χ2n) is 4.34. The minimum atomic E-state index is -0.593. The molecule has 0 aliphatic carbocycles. The lowest BCUT2D eigenvalue weighted by atomic mass is 10.1. The van der Waals surface area contributed by atoms with Crippen LogP contribution in [-0.4, -0.2) is 17.0 Å². The monoisotopic (exact) mass is 306 g/mol. The number of anilines is 1. The van der Waals surface area contributed by atoms with Crippen LogP contribution in [-0.2, 0) is 0 Å². The first-order chi connectivity index (χ1) is 8.47. The van der Waals surface area contributed by atoms with Crippen molar-refractivity contribution in [2.75, 3.05) is 11.1 Å². The number of thioether (sulfide) groups is 1. The molecule has 1 aromatic carbocycles. The van der Waals surface area contributed by atoms with Crippen LogP contribution in [0.3, 0.4) is 0 Å². The third-order valence-electron chi connectivity index (χ3n) is 2.86.